The highest BCUT2D eigenvalue weighted by Gasteiger charge is 2.20. The van der Waals surface area contributed by atoms with E-state index in [4.69, 9.17) is 4.74 Å². The average Bonchev–Trinajstić information content (AvgIpc) is 2.59. The SMILES string of the molecule is COc1ccc2[nH]c3cccc(=[N+]([O-])[O-])c-3c(NC(C)CN(C)C)c2c1. The molecule has 1 aromatic carbocycles. The molecule has 0 radical (unpaired) electrons. The first kappa shape index (κ1) is 17.9. The van der Waals surface area contributed by atoms with Crippen LogP contribution in [0.4, 0.5) is 5.69 Å². The molecule has 7 nitrogen and oxygen atoms in total. The molecule has 0 saturated carbocycles. The number of methoxy groups -OCH3 is 1. The lowest BCUT2D eigenvalue weighted by molar-refractivity contribution is 0.392. The van der Waals surface area contributed by atoms with Crippen LogP contribution in [0.25, 0.3) is 22.2 Å². The Kier molecular flexibility index (Phi) is 4.90. The van der Waals surface area contributed by atoms with Crippen LogP contribution in [-0.4, -0.2) is 43.7 Å². The number of nitrogens with one attached hydrogen (secondary N) is 2. The third kappa shape index (κ3) is 3.39. The van der Waals surface area contributed by atoms with E-state index in [1.54, 1.807) is 13.2 Å². The molecule has 1 aromatic rings. The van der Waals surface area contributed by atoms with E-state index in [9.17, 15) is 10.4 Å². The molecule has 1 heterocycles. The first-order valence-electron chi connectivity index (χ1n) is 8.42. The topological polar surface area (TPSA) is 89.4 Å². The van der Waals surface area contributed by atoms with Gasteiger partial charge < -0.3 is 30.4 Å². The Balaban J connectivity index is 2.35. The maximum absolute atomic E-state index is 11.6. The summed E-state index contributed by atoms with van der Waals surface area (Å²) in [7, 11) is 5.60. The van der Waals surface area contributed by atoms with Crippen molar-refractivity contribution in [3.05, 3.63) is 52.2 Å². The minimum Gasteiger partial charge on any atom is -0.612 e. The summed E-state index contributed by atoms with van der Waals surface area (Å²) >= 11 is 0. The lowest BCUT2D eigenvalue weighted by Gasteiger charge is -2.23. The Morgan fingerprint density at radius 3 is 2.65 bits per heavy atom. The first-order chi connectivity index (χ1) is 12.4. The predicted molar refractivity (Wildman–Crippen MR) is 105 cm³/mol. The van der Waals surface area contributed by atoms with E-state index in [-0.39, 0.29) is 16.3 Å². The van der Waals surface area contributed by atoms with Gasteiger partial charge in [0.05, 0.1) is 24.1 Å². The Bertz CT molecular complexity index is 961. The zero-order valence-corrected chi connectivity index (χ0v) is 15.4. The maximum Gasteiger partial charge on any atom is 0.234 e. The second kappa shape index (κ2) is 7.13. The second-order valence-corrected chi connectivity index (χ2v) is 6.68. The minimum atomic E-state index is -0.343. The lowest BCUT2D eigenvalue weighted by atomic mass is 10.0. The molecule has 1 aliphatic carbocycles. The van der Waals surface area contributed by atoms with Gasteiger partial charge in [0, 0.05) is 29.6 Å². The quantitative estimate of drug-likeness (QED) is 0.542. The molecule has 0 aromatic heterocycles. The van der Waals surface area contributed by atoms with Crippen molar-refractivity contribution in [2.24, 2.45) is 0 Å². The molecular formula is C19H23N4O3-. The number of anilines is 1. The van der Waals surface area contributed by atoms with Gasteiger partial charge >= 0.3 is 0 Å². The third-order valence-corrected chi connectivity index (χ3v) is 4.28. The van der Waals surface area contributed by atoms with Gasteiger partial charge in [0.15, 0.2) is 0 Å². The molecule has 0 fully saturated rings. The van der Waals surface area contributed by atoms with E-state index in [1.165, 1.54) is 6.07 Å². The molecule has 3 rings (SSSR count). The van der Waals surface area contributed by atoms with Crippen molar-refractivity contribution >= 4 is 16.6 Å². The summed E-state index contributed by atoms with van der Waals surface area (Å²) in [4.78, 5) is 5.03. The summed E-state index contributed by atoms with van der Waals surface area (Å²) in [5.41, 5.74) is 2.92. The van der Waals surface area contributed by atoms with E-state index >= 15 is 0 Å². The first-order valence-corrected chi connectivity index (χ1v) is 8.42. The smallest absolute Gasteiger partial charge is 0.234 e. The fourth-order valence-electron chi connectivity index (χ4n) is 3.29. The van der Waals surface area contributed by atoms with Crippen molar-refractivity contribution < 1.29 is 4.74 Å². The summed E-state index contributed by atoms with van der Waals surface area (Å²) in [5.74, 6) is 0.701. The molecule has 0 bridgehead atoms. The van der Waals surface area contributed by atoms with Crippen molar-refractivity contribution in [1.82, 2.24) is 14.8 Å². The summed E-state index contributed by atoms with van der Waals surface area (Å²) in [6.45, 7) is 2.86. The number of likely N-dealkylation sites (N-methyl/N-ethyl adjacent to an activating group) is 1. The fraction of sp³-hybridized carbons (Fsp3) is 0.316. The number of fused-ring (bicyclic) bond motifs is 2. The minimum absolute atomic E-state index is 0.0722. The Labute approximate surface area is 152 Å². The number of pyridine rings is 1. The predicted octanol–water partition coefficient (Wildman–Crippen LogP) is 2.41. The van der Waals surface area contributed by atoms with Crippen molar-refractivity contribution in [3.63, 3.8) is 0 Å². The molecule has 0 spiro atoms. The second-order valence-electron chi connectivity index (χ2n) is 6.68. The summed E-state index contributed by atoms with van der Waals surface area (Å²) in [5, 5.41) is 27.7. The van der Waals surface area contributed by atoms with Crippen LogP contribution in [0.15, 0.2) is 36.4 Å². The molecule has 0 amide bonds. The molecule has 7 heteroatoms. The molecule has 2 aliphatic rings. The van der Waals surface area contributed by atoms with E-state index < -0.39 is 0 Å². The van der Waals surface area contributed by atoms with Gasteiger partial charge in [0.1, 0.15) is 5.75 Å². The average molecular weight is 355 g/mol. The van der Waals surface area contributed by atoms with Gasteiger partial charge in [0.2, 0.25) is 5.36 Å². The number of H-pyrrole nitrogens is 1. The van der Waals surface area contributed by atoms with Crippen LogP contribution in [0, 0.1) is 10.4 Å². The van der Waals surface area contributed by atoms with E-state index in [2.05, 4.69) is 22.1 Å². The largest absolute Gasteiger partial charge is 0.612 e. The summed E-state index contributed by atoms with van der Waals surface area (Å²) in [6, 6.07) is 10.9. The highest BCUT2D eigenvalue weighted by atomic mass is 16.8. The van der Waals surface area contributed by atoms with Crippen molar-refractivity contribution in [1.29, 1.82) is 0 Å². The standard InChI is InChI=1S/C19H23N4O3/c1-12(11-22(2)3)20-19-14-10-13(26-4)8-9-15(14)21-16-6-5-7-17(18(16)19)23(24)25/h5-10,12,20-21H,11H2,1-4H3/q-1. The zero-order chi connectivity index (χ0) is 18.8. The van der Waals surface area contributed by atoms with Gasteiger partial charge in [-0.05, 0) is 45.3 Å². The molecule has 138 valence electrons. The number of hydrogen-bond donors (Lipinski definition) is 2. The number of benzene rings is 2. The van der Waals surface area contributed by atoms with Crippen LogP contribution < -0.4 is 20.3 Å². The Morgan fingerprint density at radius 1 is 1.23 bits per heavy atom. The van der Waals surface area contributed by atoms with Crippen molar-refractivity contribution in [2.75, 3.05) is 33.1 Å². The molecular weight excluding hydrogens is 332 g/mol. The third-order valence-electron chi connectivity index (χ3n) is 4.28. The molecule has 1 unspecified atom stereocenters. The number of ether oxygens (including phenoxy) is 1. The molecule has 1 aliphatic heterocycles. The van der Waals surface area contributed by atoms with Crippen LogP contribution in [-0.2, 0) is 0 Å². The molecule has 1 atom stereocenters. The maximum atomic E-state index is 11.6. The van der Waals surface area contributed by atoms with Gasteiger partial charge in [-0.25, -0.2) is 0 Å². The highest BCUT2D eigenvalue weighted by Crippen LogP contribution is 2.35. The lowest BCUT2D eigenvalue weighted by Crippen LogP contribution is -2.31. The van der Waals surface area contributed by atoms with Gasteiger partial charge in [0.25, 0.3) is 0 Å². The van der Waals surface area contributed by atoms with Gasteiger partial charge in [-0.1, -0.05) is 6.07 Å². The summed E-state index contributed by atoms with van der Waals surface area (Å²) < 4.78 is 5.35. The monoisotopic (exact) mass is 355 g/mol. The fourth-order valence-corrected chi connectivity index (χ4v) is 3.29. The van der Waals surface area contributed by atoms with Crippen LogP contribution >= 0.6 is 0 Å². The van der Waals surface area contributed by atoms with E-state index in [0.717, 1.165) is 28.8 Å². The summed E-state index contributed by atoms with van der Waals surface area (Å²) in [6.07, 6.45) is 0. The van der Waals surface area contributed by atoms with Crippen molar-refractivity contribution in [3.8, 4) is 17.0 Å². The van der Waals surface area contributed by atoms with E-state index in [0.29, 0.717) is 11.3 Å². The zero-order valence-electron chi connectivity index (χ0n) is 15.4. The molecule has 0 saturated heterocycles. The van der Waals surface area contributed by atoms with Crippen LogP contribution in [0.1, 0.15) is 6.92 Å². The normalized spacial score (nSPS) is 12.5. The number of aromatic amines is 1. The Morgan fingerprint density at radius 2 is 2.00 bits per heavy atom. The molecule has 2 N–H and O–H groups in total. The Hall–Kier alpha value is -2.93. The van der Waals surface area contributed by atoms with Gasteiger partial charge in [-0.2, -0.15) is 4.90 Å². The van der Waals surface area contributed by atoms with Gasteiger partial charge in [-0.3, -0.25) is 0 Å². The number of nitrogens with zero attached hydrogens (tertiary/aromatic N) is 2. The number of rotatable bonds is 5. The van der Waals surface area contributed by atoms with Gasteiger partial charge in [-0.15, -0.1) is 0 Å². The van der Waals surface area contributed by atoms with Crippen molar-refractivity contribution in [2.45, 2.75) is 13.0 Å². The van der Waals surface area contributed by atoms with Crippen LogP contribution in [0.3, 0.4) is 0 Å². The highest BCUT2D eigenvalue weighted by molar-refractivity contribution is 6.01. The van der Waals surface area contributed by atoms with Crippen LogP contribution in [0.2, 0.25) is 0 Å². The van der Waals surface area contributed by atoms with Crippen LogP contribution in [0.5, 0.6) is 5.75 Å². The number of aromatic nitrogens is 1. The molecule has 26 heavy (non-hydrogen) atoms. The number of hydrogen-bond acceptors (Lipinski definition) is 5. The van der Waals surface area contributed by atoms with E-state index in [1.807, 2.05) is 38.4 Å².